The number of nitrogens with zero attached hydrogens (tertiary/aromatic N) is 1. The molecule has 0 saturated carbocycles. The zero-order valence-corrected chi connectivity index (χ0v) is 19.8. The number of hydrogen-bond acceptors (Lipinski definition) is 4. The Balaban J connectivity index is 2.06. The Morgan fingerprint density at radius 2 is 1.97 bits per heavy atom. The van der Waals surface area contributed by atoms with Gasteiger partial charge in [0.15, 0.2) is 22.4 Å². The maximum absolute atomic E-state index is 12.7. The SMILES string of the molecule is CCCN1C(=S)NC(c2cccc(OC)c2OCc2ccccc2Cl)C(C(C)=O)=C1C. The van der Waals surface area contributed by atoms with Gasteiger partial charge in [0.25, 0.3) is 0 Å². The molecular formula is C24H27ClN2O3S. The third kappa shape index (κ3) is 4.86. The summed E-state index contributed by atoms with van der Waals surface area (Å²) in [6, 6.07) is 12.7. The molecule has 1 N–H and O–H groups in total. The Morgan fingerprint density at radius 1 is 1.23 bits per heavy atom. The van der Waals surface area contributed by atoms with Crippen LogP contribution >= 0.6 is 23.8 Å². The lowest BCUT2D eigenvalue weighted by atomic mass is 9.91. The molecule has 7 heteroatoms. The zero-order valence-electron chi connectivity index (χ0n) is 18.2. The first kappa shape index (κ1) is 23.1. The minimum absolute atomic E-state index is 0.0153. The number of benzene rings is 2. The number of rotatable bonds is 8. The van der Waals surface area contributed by atoms with Gasteiger partial charge in [-0.15, -0.1) is 0 Å². The van der Waals surface area contributed by atoms with Gasteiger partial charge in [-0.25, -0.2) is 0 Å². The topological polar surface area (TPSA) is 50.8 Å². The van der Waals surface area contributed by atoms with Crippen LogP contribution in [-0.2, 0) is 11.4 Å². The Kier molecular flexibility index (Phi) is 7.57. The highest BCUT2D eigenvalue weighted by Gasteiger charge is 2.34. The van der Waals surface area contributed by atoms with Crippen LogP contribution in [0.15, 0.2) is 53.7 Å². The van der Waals surface area contributed by atoms with E-state index in [0.717, 1.165) is 29.8 Å². The summed E-state index contributed by atoms with van der Waals surface area (Å²) in [5.41, 5.74) is 3.18. The summed E-state index contributed by atoms with van der Waals surface area (Å²) in [4.78, 5) is 14.7. The molecule has 0 aromatic heterocycles. The number of carbonyl (C=O) groups is 1. The van der Waals surface area contributed by atoms with Gasteiger partial charge in [0, 0.05) is 34.0 Å². The van der Waals surface area contributed by atoms with Crippen LogP contribution in [0.3, 0.4) is 0 Å². The minimum Gasteiger partial charge on any atom is -0.493 e. The third-order valence-electron chi connectivity index (χ3n) is 5.29. The van der Waals surface area contributed by atoms with Crippen molar-refractivity contribution in [2.24, 2.45) is 0 Å². The second kappa shape index (κ2) is 10.2. The largest absolute Gasteiger partial charge is 0.493 e. The quantitative estimate of drug-likeness (QED) is 0.532. The number of methoxy groups -OCH3 is 1. The number of ketones is 1. The lowest BCUT2D eigenvalue weighted by Crippen LogP contribution is -2.47. The molecule has 0 fully saturated rings. The van der Waals surface area contributed by atoms with Crippen molar-refractivity contribution < 1.29 is 14.3 Å². The lowest BCUT2D eigenvalue weighted by molar-refractivity contribution is -0.114. The molecule has 0 bridgehead atoms. The molecule has 1 aliphatic rings. The maximum atomic E-state index is 12.7. The molecule has 1 atom stereocenters. The molecule has 1 unspecified atom stereocenters. The number of ether oxygens (including phenoxy) is 2. The summed E-state index contributed by atoms with van der Waals surface area (Å²) in [5, 5.41) is 4.57. The van der Waals surface area contributed by atoms with E-state index in [4.69, 9.17) is 33.3 Å². The first-order valence-corrected chi connectivity index (χ1v) is 11.0. The molecule has 164 valence electrons. The van der Waals surface area contributed by atoms with E-state index in [9.17, 15) is 4.79 Å². The Morgan fingerprint density at radius 3 is 2.61 bits per heavy atom. The molecule has 2 aromatic carbocycles. The van der Waals surface area contributed by atoms with Crippen LogP contribution < -0.4 is 14.8 Å². The number of Topliss-reactive ketones (excluding diaryl/α,β-unsaturated/α-hetero) is 1. The molecule has 1 aliphatic heterocycles. The van der Waals surface area contributed by atoms with Gasteiger partial charge in [-0.3, -0.25) is 4.79 Å². The number of halogens is 1. The number of hydrogen-bond donors (Lipinski definition) is 1. The van der Waals surface area contributed by atoms with E-state index in [2.05, 4.69) is 12.2 Å². The van der Waals surface area contributed by atoms with Crippen molar-refractivity contribution in [1.29, 1.82) is 0 Å². The van der Waals surface area contributed by atoms with Crippen LogP contribution in [0.25, 0.3) is 0 Å². The van der Waals surface area contributed by atoms with Crippen LogP contribution in [0.4, 0.5) is 0 Å². The van der Waals surface area contributed by atoms with Crippen LogP contribution in [0, 0.1) is 0 Å². The average molecular weight is 459 g/mol. The van der Waals surface area contributed by atoms with Crippen LogP contribution in [-0.4, -0.2) is 29.5 Å². The summed E-state index contributed by atoms with van der Waals surface area (Å²) in [6.45, 7) is 6.62. The van der Waals surface area contributed by atoms with Crippen LogP contribution in [0.5, 0.6) is 11.5 Å². The van der Waals surface area contributed by atoms with Crippen molar-refractivity contribution in [2.75, 3.05) is 13.7 Å². The standard InChI is InChI=1S/C24H27ClN2O3S/c1-5-13-27-15(2)21(16(3)28)22(26-24(27)31)18-10-8-12-20(29-4)23(18)30-14-17-9-6-7-11-19(17)25/h6-12,22H,5,13-14H2,1-4H3,(H,26,31). The fraction of sp³-hybridized carbons (Fsp3) is 0.333. The smallest absolute Gasteiger partial charge is 0.173 e. The van der Waals surface area contributed by atoms with Gasteiger partial charge in [-0.05, 0) is 44.6 Å². The summed E-state index contributed by atoms with van der Waals surface area (Å²) in [6.07, 6.45) is 0.917. The molecule has 0 spiro atoms. The highest BCUT2D eigenvalue weighted by Crippen LogP contribution is 2.41. The fourth-order valence-corrected chi connectivity index (χ4v) is 4.34. The number of allylic oxidation sites excluding steroid dienone is 1. The summed E-state index contributed by atoms with van der Waals surface area (Å²) in [5.74, 6) is 1.12. The van der Waals surface area contributed by atoms with Gasteiger partial charge < -0.3 is 19.7 Å². The van der Waals surface area contributed by atoms with Crippen molar-refractivity contribution in [3.8, 4) is 11.5 Å². The van der Waals surface area contributed by atoms with Crippen molar-refractivity contribution >= 4 is 34.7 Å². The van der Waals surface area contributed by atoms with Gasteiger partial charge in [0.2, 0.25) is 0 Å². The van der Waals surface area contributed by atoms with Gasteiger partial charge in [-0.1, -0.05) is 48.9 Å². The van der Waals surface area contributed by atoms with Crippen LogP contribution in [0.1, 0.15) is 44.4 Å². The molecular weight excluding hydrogens is 432 g/mol. The van der Waals surface area contributed by atoms with Crippen molar-refractivity contribution in [3.05, 3.63) is 69.9 Å². The normalized spacial score (nSPS) is 16.2. The molecule has 0 aliphatic carbocycles. The van der Waals surface area contributed by atoms with Gasteiger partial charge in [0.05, 0.1) is 13.2 Å². The summed E-state index contributed by atoms with van der Waals surface area (Å²) >= 11 is 11.9. The Labute approximate surface area is 194 Å². The van der Waals surface area contributed by atoms with E-state index in [0.29, 0.717) is 27.2 Å². The van der Waals surface area contributed by atoms with Gasteiger partial charge in [-0.2, -0.15) is 0 Å². The lowest BCUT2D eigenvalue weighted by Gasteiger charge is -2.38. The third-order valence-corrected chi connectivity index (χ3v) is 6.00. The van der Waals surface area contributed by atoms with Gasteiger partial charge in [0.1, 0.15) is 6.61 Å². The summed E-state index contributed by atoms with van der Waals surface area (Å²) in [7, 11) is 1.59. The number of para-hydroxylation sites is 1. The van der Waals surface area contributed by atoms with E-state index in [1.807, 2.05) is 54.3 Å². The van der Waals surface area contributed by atoms with Gasteiger partial charge >= 0.3 is 0 Å². The minimum atomic E-state index is -0.436. The van der Waals surface area contributed by atoms with Crippen molar-refractivity contribution in [3.63, 3.8) is 0 Å². The van der Waals surface area contributed by atoms with E-state index in [-0.39, 0.29) is 12.4 Å². The molecule has 2 aromatic rings. The van der Waals surface area contributed by atoms with E-state index >= 15 is 0 Å². The van der Waals surface area contributed by atoms with Crippen LogP contribution in [0.2, 0.25) is 5.02 Å². The van der Waals surface area contributed by atoms with Crippen molar-refractivity contribution in [1.82, 2.24) is 10.2 Å². The first-order chi connectivity index (χ1) is 14.9. The first-order valence-electron chi connectivity index (χ1n) is 10.2. The van der Waals surface area contributed by atoms with E-state index < -0.39 is 6.04 Å². The molecule has 0 radical (unpaired) electrons. The zero-order chi connectivity index (χ0) is 22.5. The molecule has 1 heterocycles. The highest BCUT2D eigenvalue weighted by atomic mass is 35.5. The predicted molar refractivity (Wildman–Crippen MR) is 128 cm³/mol. The molecule has 0 amide bonds. The molecule has 31 heavy (non-hydrogen) atoms. The average Bonchev–Trinajstić information content (AvgIpc) is 2.75. The Hall–Kier alpha value is -2.57. The van der Waals surface area contributed by atoms with Crippen molar-refractivity contribution in [2.45, 2.75) is 39.8 Å². The van der Waals surface area contributed by atoms with E-state index in [1.165, 1.54) is 0 Å². The summed E-state index contributed by atoms with van der Waals surface area (Å²) < 4.78 is 11.8. The molecule has 5 nitrogen and oxygen atoms in total. The molecule has 3 rings (SSSR count). The monoisotopic (exact) mass is 458 g/mol. The number of nitrogens with one attached hydrogen (secondary N) is 1. The number of carbonyl (C=O) groups excluding carboxylic acids is 1. The highest BCUT2D eigenvalue weighted by molar-refractivity contribution is 7.80. The second-order valence-corrected chi connectivity index (χ2v) is 8.14. The number of thiocarbonyl (C=S) groups is 1. The Bertz CT molecular complexity index is 1020. The predicted octanol–water partition coefficient (Wildman–Crippen LogP) is 5.43. The fourth-order valence-electron chi connectivity index (χ4n) is 3.80. The second-order valence-electron chi connectivity index (χ2n) is 7.35. The maximum Gasteiger partial charge on any atom is 0.173 e. The van der Waals surface area contributed by atoms with E-state index in [1.54, 1.807) is 14.0 Å². The molecule has 0 saturated heterocycles.